The molecular formula is C18H14O10. The lowest BCUT2D eigenvalue weighted by atomic mass is 9.75. The van der Waals surface area contributed by atoms with Crippen molar-refractivity contribution >= 4 is 35.4 Å². The van der Waals surface area contributed by atoms with Crippen LogP contribution in [0.3, 0.4) is 0 Å². The Bertz CT molecular complexity index is 892. The predicted octanol–water partition coefficient (Wildman–Crippen LogP) is 0.352. The summed E-state index contributed by atoms with van der Waals surface area (Å²) in [7, 11) is 0. The van der Waals surface area contributed by atoms with Gasteiger partial charge in [0.2, 0.25) is 0 Å². The van der Waals surface area contributed by atoms with Crippen LogP contribution in [0.5, 0.6) is 0 Å². The molecule has 0 aromatic rings. The van der Waals surface area contributed by atoms with Crippen LogP contribution >= 0.6 is 0 Å². The van der Waals surface area contributed by atoms with Gasteiger partial charge in [0.1, 0.15) is 0 Å². The Morgan fingerprint density at radius 3 is 1.29 bits per heavy atom. The van der Waals surface area contributed by atoms with Gasteiger partial charge < -0.3 is 20.4 Å². The average molecular weight is 390 g/mol. The zero-order valence-corrected chi connectivity index (χ0v) is 14.4. The molecule has 0 aromatic heterocycles. The van der Waals surface area contributed by atoms with E-state index in [2.05, 4.69) is 0 Å². The van der Waals surface area contributed by atoms with Crippen molar-refractivity contribution in [3.63, 3.8) is 0 Å². The summed E-state index contributed by atoms with van der Waals surface area (Å²) in [5.41, 5.74) is -3.30. The normalized spacial score (nSPS) is 17.5. The number of rotatable bonds is 6. The van der Waals surface area contributed by atoms with Gasteiger partial charge in [-0.25, -0.2) is 19.2 Å². The molecule has 0 fully saturated rings. The standard InChI is InChI=1S/C18H14O10/c1-6(9-2-7(19)4-11(15(21)22)13(9)17(25)26)10-3-8(20)5-12(16(23)24)14(10)18(27)28/h4-6H,2-3H2,1H3,(H,21,22)(H,23,24)(H,25,26)(H,27,28). The Kier molecular flexibility index (Phi) is 5.44. The lowest BCUT2D eigenvalue weighted by molar-refractivity contribution is -0.136. The Labute approximate surface area is 156 Å². The summed E-state index contributed by atoms with van der Waals surface area (Å²) >= 11 is 0. The zero-order valence-electron chi connectivity index (χ0n) is 14.4. The van der Waals surface area contributed by atoms with Crippen LogP contribution in [0.1, 0.15) is 19.8 Å². The molecule has 2 aliphatic carbocycles. The van der Waals surface area contributed by atoms with Gasteiger partial charge in [-0.05, 0) is 23.3 Å². The SMILES string of the molecule is CC(C1=C(C(=O)O)C(C(=O)O)=CC(=O)C1)C1=C(C(=O)O)C(C(=O)O)=CC(=O)C1. The minimum absolute atomic E-state index is 0.203. The number of hydrogen-bond acceptors (Lipinski definition) is 6. The Balaban J connectivity index is 2.77. The fraction of sp³-hybridized carbons (Fsp3) is 0.222. The number of carbonyl (C=O) groups is 6. The minimum atomic E-state index is -1.66. The van der Waals surface area contributed by atoms with Gasteiger partial charge in [0.25, 0.3) is 0 Å². The number of hydrogen-bond donors (Lipinski definition) is 4. The van der Waals surface area contributed by atoms with Crippen LogP contribution in [0.25, 0.3) is 0 Å². The quantitative estimate of drug-likeness (QED) is 0.493. The van der Waals surface area contributed by atoms with Crippen LogP contribution in [-0.4, -0.2) is 55.9 Å². The molecule has 0 atom stereocenters. The van der Waals surface area contributed by atoms with Crippen molar-refractivity contribution in [1.82, 2.24) is 0 Å². The number of ketones is 2. The van der Waals surface area contributed by atoms with Crippen molar-refractivity contribution in [3.05, 3.63) is 45.6 Å². The van der Waals surface area contributed by atoms with Crippen molar-refractivity contribution in [2.45, 2.75) is 19.8 Å². The molecule has 0 aliphatic heterocycles. The van der Waals surface area contributed by atoms with Gasteiger partial charge in [0.15, 0.2) is 11.6 Å². The summed E-state index contributed by atoms with van der Waals surface area (Å²) in [4.78, 5) is 69.9. The van der Waals surface area contributed by atoms with E-state index in [1.807, 2.05) is 0 Å². The maximum atomic E-state index is 11.9. The van der Waals surface area contributed by atoms with Crippen molar-refractivity contribution in [2.75, 3.05) is 0 Å². The van der Waals surface area contributed by atoms with Crippen LogP contribution in [-0.2, 0) is 28.8 Å². The first kappa shape index (κ1) is 20.5. The predicted molar refractivity (Wildman–Crippen MR) is 89.2 cm³/mol. The molecule has 10 heteroatoms. The monoisotopic (exact) mass is 390 g/mol. The second kappa shape index (κ2) is 7.43. The molecule has 4 N–H and O–H groups in total. The first-order valence-electron chi connectivity index (χ1n) is 7.84. The summed E-state index contributed by atoms with van der Waals surface area (Å²) in [5.74, 6) is -9.19. The van der Waals surface area contributed by atoms with Gasteiger partial charge in [0, 0.05) is 18.8 Å². The topological polar surface area (TPSA) is 183 Å². The number of carboxylic acids is 4. The Morgan fingerprint density at radius 2 is 1.04 bits per heavy atom. The molecule has 2 aliphatic rings. The van der Waals surface area contributed by atoms with E-state index in [-0.39, 0.29) is 11.1 Å². The summed E-state index contributed by atoms with van der Waals surface area (Å²) in [6.45, 7) is 1.30. The lowest BCUT2D eigenvalue weighted by Crippen LogP contribution is -2.27. The number of carboxylic acid groups (broad SMARTS) is 4. The molecular weight excluding hydrogens is 376 g/mol. The Morgan fingerprint density at radius 1 is 0.714 bits per heavy atom. The highest BCUT2D eigenvalue weighted by atomic mass is 16.4. The van der Waals surface area contributed by atoms with E-state index >= 15 is 0 Å². The molecule has 0 spiro atoms. The van der Waals surface area contributed by atoms with E-state index in [9.17, 15) is 49.2 Å². The van der Waals surface area contributed by atoms with E-state index in [1.54, 1.807) is 0 Å². The van der Waals surface area contributed by atoms with Crippen molar-refractivity contribution in [3.8, 4) is 0 Å². The smallest absolute Gasteiger partial charge is 0.336 e. The second-order valence-electron chi connectivity index (χ2n) is 6.14. The Hall–Kier alpha value is -3.82. The molecule has 0 saturated carbocycles. The van der Waals surface area contributed by atoms with Gasteiger partial charge in [-0.2, -0.15) is 0 Å². The first-order chi connectivity index (χ1) is 13.0. The van der Waals surface area contributed by atoms with Crippen LogP contribution in [0.15, 0.2) is 45.6 Å². The molecule has 0 heterocycles. The van der Waals surface area contributed by atoms with Gasteiger partial charge in [-0.15, -0.1) is 0 Å². The molecule has 2 rings (SSSR count). The fourth-order valence-corrected chi connectivity index (χ4v) is 3.26. The van der Waals surface area contributed by atoms with Crippen LogP contribution in [0.2, 0.25) is 0 Å². The third-order valence-corrected chi connectivity index (χ3v) is 4.45. The molecule has 146 valence electrons. The van der Waals surface area contributed by atoms with Crippen LogP contribution < -0.4 is 0 Å². The molecule has 0 unspecified atom stereocenters. The number of allylic oxidation sites excluding steroid dienone is 4. The summed E-state index contributed by atoms with van der Waals surface area (Å²) in [6, 6.07) is 0. The fourth-order valence-electron chi connectivity index (χ4n) is 3.26. The van der Waals surface area contributed by atoms with E-state index in [1.165, 1.54) is 6.92 Å². The lowest BCUT2D eigenvalue weighted by Gasteiger charge is -2.27. The number of aliphatic carboxylic acids is 4. The molecule has 0 saturated heterocycles. The third-order valence-electron chi connectivity index (χ3n) is 4.45. The van der Waals surface area contributed by atoms with E-state index in [4.69, 9.17) is 0 Å². The summed E-state index contributed by atoms with van der Waals surface area (Å²) in [6.07, 6.45) is 0.332. The van der Waals surface area contributed by atoms with Gasteiger partial charge in [-0.3, -0.25) is 9.59 Å². The minimum Gasteiger partial charge on any atom is -0.478 e. The van der Waals surface area contributed by atoms with E-state index in [0.29, 0.717) is 12.2 Å². The van der Waals surface area contributed by atoms with Gasteiger partial charge in [0.05, 0.1) is 22.3 Å². The average Bonchev–Trinajstić information content (AvgIpc) is 2.58. The van der Waals surface area contributed by atoms with Crippen LogP contribution in [0, 0.1) is 5.92 Å². The molecule has 0 aromatic carbocycles. The van der Waals surface area contributed by atoms with Crippen molar-refractivity contribution < 1.29 is 49.2 Å². The van der Waals surface area contributed by atoms with Crippen molar-refractivity contribution in [1.29, 1.82) is 0 Å². The molecule has 28 heavy (non-hydrogen) atoms. The molecule has 10 nitrogen and oxygen atoms in total. The third kappa shape index (κ3) is 3.65. The number of carbonyl (C=O) groups excluding carboxylic acids is 2. The van der Waals surface area contributed by atoms with Gasteiger partial charge in [-0.1, -0.05) is 6.92 Å². The highest BCUT2D eigenvalue weighted by Crippen LogP contribution is 2.38. The maximum absolute atomic E-state index is 11.9. The highest BCUT2D eigenvalue weighted by Gasteiger charge is 2.37. The van der Waals surface area contributed by atoms with Crippen LogP contribution in [0.4, 0.5) is 0 Å². The second-order valence-corrected chi connectivity index (χ2v) is 6.14. The maximum Gasteiger partial charge on any atom is 0.336 e. The molecule has 0 bridgehead atoms. The first-order valence-corrected chi connectivity index (χ1v) is 7.84. The highest BCUT2D eigenvalue weighted by molar-refractivity contribution is 6.15. The van der Waals surface area contributed by atoms with Crippen molar-refractivity contribution in [2.24, 2.45) is 5.92 Å². The van der Waals surface area contributed by atoms with E-state index < -0.39 is 76.5 Å². The zero-order chi connectivity index (χ0) is 21.3. The largest absolute Gasteiger partial charge is 0.478 e. The van der Waals surface area contributed by atoms with E-state index in [0.717, 1.165) is 0 Å². The molecule has 0 radical (unpaired) electrons. The summed E-state index contributed by atoms with van der Waals surface area (Å²) < 4.78 is 0. The summed E-state index contributed by atoms with van der Waals surface area (Å²) in [5, 5.41) is 37.3. The van der Waals surface area contributed by atoms with Gasteiger partial charge >= 0.3 is 23.9 Å². The molecule has 0 amide bonds.